The predicted octanol–water partition coefficient (Wildman–Crippen LogP) is 4.41. The van der Waals surface area contributed by atoms with Crippen LogP contribution in [0.1, 0.15) is 44.9 Å². The first-order chi connectivity index (χ1) is 16.9. The van der Waals surface area contributed by atoms with E-state index in [1.807, 2.05) is 42.5 Å². The molecule has 1 aliphatic heterocycles. The number of esters is 1. The highest BCUT2D eigenvalue weighted by molar-refractivity contribution is 9.10. The fraction of sp³-hybridized carbons (Fsp3) is 0.296. The first-order valence-electron chi connectivity index (χ1n) is 11.7. The van der Waals surface area contributed by atoms with Crippen LogP contribution < -0.4 is 19.8 Å². The maximum atomic E-state index is 13.7. The van der Waals surface area contributed by atoms with Crippen molar-refractivity contribution in [3.8, 4) is 0 Å². The zero-order valence-corrected chi connectivity index (χ0v) is 22.6. The van der Waals surface area contributed by atoms with Gasteiger partial charge in [-0.2, -0.15) is 0 Å². The number of thiazole rings is 1. The molecular weight excluding hydrogens is 526 g/mol. The molecule has 35 heavy (non-hydrogen) atoms. The Bertz CT molecular complexity index is 1430. The fourth-order valence-electron chi connectivity index (χ4n) is 4.27. The number of anilines is 1. The van der Waals surface area contributed by atoms with Crippen LogP contribution in [0.25, 0.3) is 6.08 Å². The molecular formula is C27H28BrN3O3S. The Kier molecular flexibility index (Phi) is 7.72. The van der Waals surface area contributed by atoms with Crippen LogP contribution in [0, 0.1) is 0 Å². The predicted molar refractivity (Wildman–Crippen MR) is 145 cm³/mol. The molecule has 0 N–H and O–H groups in total. The van der Waals surface area contributed by atoms with E-state index >= 15 is 0 Å². The lowest BCUT2D eigenvalue weighted by Gasteiger charge is -2.24. The van der Waals surface area contributed by atoms with E-state index in [1.54, 1.807) is 18.4 Å². The number of hydrogen-bond acceptors (Lipinski definition) is 6. The van der Waals surface area contributed by atoms with E-state index in [9.17, 15) is 9.59 Å². The molecule has 8 heteroatoms. The van der Waals surface area contributed by atoms with Crippen LogP contribution in [-0.2, 0) is 9.53 Å². The molecule has 0 saturated carbocycles. The molecule has 6 nitrogen and oxygen atoms in total. The molecule has 0 spiro atoms. The molecule has 2 aromatic carbocycles. The molecule has 0 unspecified atom stereocenters. The molecule has 0 amide bonds. The molecule has 3 aromatic rings. The number of fused-ring (bicyclic) bond motifs is 1. The topological polar surface area (TPSA) is 63.9 Å². The van der Waals surface area contributed by atoms with Crippen LogP contribution in [0.3, 0.4) is 0 Å². The van der Waals surface area contributed by atoms with Crippen molar-refractivity contribution >= 4 is 45.0 Å². The summed E-state index contributed by atoms with van der Waals surface area (Å²) < 4.78 is 8.44. The summed E-state index contributed by atoms with van der Waals surface area (Å²) in [6.07, 6.45) is 1.89. The van der Waals surface area contributed by atoms with Gasteiger partial charge in [-0.25, -0.2) is 9.79 Å². The van der Waals surface area contributed by atoms with Crippen molar-refractivity contribution in [3.63, 3.8) is 0 Å². The number of allylic oxidation sites excluding steroid dienone is 1. The fourth-order valence-corrected chi connectivity index (χ4v) is 5.58. The van der Waals surface area contributed by atoms with Gasteiger partial charge in [-0.1, -0.05) is 51.5 Å². The molecule has 0 saturated heterocycles. The Balaban J connectivity index is 1.85. The summed E-state index contributed by atoms with van der Waals surface area (Å²) in [5.74, 6) is -0.456. The third-order valence-corrected chi connectivity index (χ3v) is 7.53. The second kappa shape index (κ2) is 10.7. The molecule has 4 rings (SSSR count). The van der Waals surface area contributed by atoms with Crippen LogP contribution in [-0.4, -0.2) is 30.2 Å². The lowest BCUT2D eigenvalue weighted by atomic mass is 9.96. The number of ether oxygens (including phenoxy) is 1. The summed E-state index contributed by atoms with van der Waals surface area (Å²) in [7, 11) is 0. The van der Waals surface area contributed by atoms with Gasteiger partial charge in [0.2, 0.25) is 0 Å². The smallest absolute Gasteiger partial charge is 0.338 e. The molecule has 0 fully saturated rings. The number of benzene rings is 2. The molecule has 182 valence electrons. The van der Waals surface area contributed by atoms with Gasteiger partial charge in [0.1, 0.15) is 0 Å². The van der Waals surface area contributed by atoms with Crippen molar-refractivity contribution in [2.75, 3.05) is 24.6 Å². The molecule has 0 bridgehead atoms. The van der Waals surface area contributed by atoms with Gasteiger partial charge in [-0.05, 0) is 69.2 Å². The number of hydrogen-bond donors (Lipinski definition) is 0. The van der Waals surface area contributed by atoms with Crippen molar-refractivity contribution in [1.29, 1.82) is 0 Å². The highest BCUT2D eigenvalue weighted by Crippen LogP contribution is 2.31. The van der Waals surface area contributed by atoms with Crippen molar-refractivity contribution in [1.82, 2.24) is 4.57 Å². The number of nitrogens with zero attached hydrogens (tertiary/aromatic N) is 3. The van der Waals surface area contributed by atoms with Gasteiger partial charge in [-0.3, -0.25) is 9.36 Å². The summed E-state index contributed by atoms with van der Waals surface area (Å²) in [5.41, 5.74) is 3.68. The SMILES string of the molecule is CCOC(=O)C1=C(C)N=c2s/c(=C\c3ccc(N(CC)CC)cc3)c(=O)n2[C@@H]1c1ccc(Br)cc1. The van der Waals surface area contributed by atoms with Gasteiger partial charge < -0.3 is 9.64 Å². The van der Waals surface area contributed by atoms with Gasteiger partial charge in [0.05, 0.1) is 28.5 Å². The van der Waals surface area contributed by atoms with Crippen LogP contribution in [0.15, 0.2) is 74.1 Å². The maximum Gasteiger partial charge on any atom is 0.338 e. The molecule has 1 atom stereocenters. The second-order valence-electron chi connectivity index (χ2n) is 8.12. The van der Waals surface area contributed by atoms with Gasteiger partial charge in [0.15, 0.2) is 4.80 Å². The zero-order chi connectivity index (χ0) is 25.1. The van der Waals surface area contributed by atoms with Gasteiger partial charge in [-0.15, -0.1) is 0 Å². The van der Waals surface area contributed by atoms with Crippen LogP contribution in [0.4, 0.5) is 5.69 Å². The van der Waals surface area contributed by atoms with Crippen molar-refractivity contribution < 1.29 is 9.53 Å². The summed E-state index contributed by atoms with van der Waals surface area (Å²) >= 11 is 4.79. The Hall–Kier alpha value is -2.97. The van der Waals surface area contributed by atoms with E-state index in [0.717, 1.165) is 34.4 Å². The average Bonchev–Trinajstić information content (AvgIpc) is 3.15. The largest absolute Gasteiger partial charge is 0.463 e. The summed E-state index contributed by atoms with van der Waals surface area (Å²) in [6, 6.07) is 15.2. The van der Waals surface area contributed by atoms with Crippen molar-refractivity contribution in [2.24, 2.45) is 4.99 Å². The first kappa shape index (κ1) is 25.1. The quantitative estimate of drug-likeness (QED) is 0.406. The monoisotopic (exact) mass is 553 g/mol. The minimum absolute atomic E-state index is 0.177. The van der Waals surface area contributed by atoms with E-state index in [1.165, 1.54) is 11.3 Å². The highest BCUT2D eigenvalue weighted by Gasteiger charge is 2.33. The lowest BCUT2D eigenvalue weighted by molar-refractivity contribution is -0.139. The highest BCUT2D eigenvalue weighted by atomic mass is 79.9. The van der Waals surface area contributed by atoms with Gasteiger partial charge in [0, 0.05) is 23.2 Å². The van der Waals surface area contributed by atoms with Crippen LogP contribution >= 0.6 is 27.3 Å². The third kappa shape index (κ3) is 5.04. The van der Waals surface area contributed by atoms with E-state index < -0.39 is 12.0 Å². The van der Waals surface area contributed by atoms with E-state index in [4.69, 9.17) is 4.74 Å². The number of aromatic nitrogens is 1. The van der Waals surface area contributed by atoms with Crippen LogP contribution in [0.5, 0.6) is 0 Å². The van der Waals surface area contributed by atoms with Crippen molar-refractivity contribution in [2.45, 2.75) is 33.7 Å². The first-order valence-corrected chi connectivity index (χ1v) is 13.3. The summed E-state index contributed by atoms with van der Waals surface area (Å²) in [4.78, 5) is 34.1. The standard InChI is InChI=1S/C27H28BrN3O3S/c1-5-30(6-2)21-14-8-18(9-15-21)16-22-25(32)31-24(19-10-12-20(28)13-11-19)23(26(33)34-7-3)17(4)29-27(31)35-22/h8-16,24H,5-7H2,1-4H3/b22-16-/t24-/m1/s1. The summed E-state index contributed by atoms with van der Waals surface area (Å²) in [5, 5.41) is 0. The molecule has 0 radical (unpaired) electrons. The normalized spacial score (nSPS) is 15.6. The van der Waals surface area contributed by atoms with Gasteiger partial charge >= 0.3 is 5.97 Å². The van der Waals surface area contributed by atoms with E-state index in [0.29, 0.717) is 20.6 Å². The minimum Gasteiger partial charge on any atom is -0.463 e. The number of carbonyl (C=O) groups excluding carboxylic acids is 1. The Morgan fingerprint density at radius 1 is 1.11 bits per heavy atom. The molecule has 2 heterocycles. The third-order valence-electron chi connectivity index (χ3n) is 6.02. The molecule has 0 aliphatic carbocycles. The lowest BCUT2D eigenvalue weighted by Crippen LogP contribution is -2.39. The van der Waals surface area contributed by atoms with Crippen molar-refractivity contribution in [3.05, 3.63) is 95.1 Å². The Labute approximate surface area is 217 Å². The Morgan fingerprint density at radius 2 is 1.77 bits per heavy atom. The number of carbonyl (C=O) groups is 1. The Morgan fingerprint density at radius 3 is 2.37 bits per heavy atom. The zero-order valence-electron chi connectivity index (χ0n) is 20.2. The summed E-state index contributed by atoms with van der Waals surface area (Å²) in [6.45, 7) is 9.94. The van der Waals surface area contributed by atoms with Gasteiger partial charge in [0.25, 0.3) is 5.56 Å². The molecule has 1 aromatic heterocycles. The van der Waals surface area contributed by atoms with E-state index in [2.05, 4.69) is 51.8 Å². The van der Waals surface area contributed by atoms with E-state index in [-0.39, 0.29) is 12.2 Å². The maximum absolute atomic E-state index is 13.7. The molecule has 1 aliphatic rings. The number of halogens is 1. The number of rotatable bonds is 7. The average molecular weight is 555 g/mol. The minimum atomic E-state index is -0.606. The second-order valence-corrected chi connectivity index (χ2v) is 10.0. The van der Waals surface area contributed by atoms with Crippen LogP contribution in [0.2, 0.25) is 0 Å².